The first-order valence-electron chi connectivity index (χ1n) is 8.77. The van der Waals surface area contributed by atoms with Crippen LogP contribution in [0.1, 0.15) is 23.6 Å². The van der Waals surface area contributed by atoms with E-state index in [0.717, 1.165) is 17.3 Å². The van der Waals surface area contributed by atoms with Crippen LogP contribution in [0.3, 0.4) is 0 Å². The smallest absolute Gasteiger partial charge is 0.237 e. The molecular weight excluding hydrogens is 422 g/mol. The summed E-state index contributed by atoms with van der Waals surface area (Å²) in [7, 11) is 0. The number of pyridine rings is 1. The van der Waals surface area contributed by atoms with E-state index in [-0.39, 0.29) is 33.4 Å². The Balaban J connectivity index is 1.92. The number of anilines is 2. The van der Waals surface area contributed by atoms with Gasteiger partial charge in [0.05, 0.1) is 22.6 Å². The Morgan fingerprint density at radius 3 is 2.63 bits per heavy atom. The molecule has 0 bridgehead atoms. The van der Waals surface area contributed by atoms with Gasteiger partial charge in [-0.2, -0.15) is 10.5 Å². The topological polar surface area (TPSA) is 129 Å². The summed E-state index contributed by atoms with van der Waals surface area (Å²) in [6, 6.07) is 12.5. The number of halogens is 1. The van der Waals surface area contributed by atoms with E-state index in [0.29, 0.717) is 16.5 Å². The molecule has 0 fully saturated rings. The van der Waals surface area contributed by atoms with E-state index in [2.05, 4.69) is 16.4 Å². The van der Waals surface area contributed by atoms with Crippen LogP contribution >= 0.6 is 23.4 Å². The van der Waals surface area contributed by atoms with Gasteiger partial charge in [-0.1, -0.05) is 29.4 Å². The van der Waals surface area contributed by atoms with Crippen molar-refractivity contribution in [3.8, 4) is 23.5 Å². The van der Waals surface area contributed by atoms with Crippen LogP contribution < -0.4 is 11.1 Å². The van der Waals surface area contributed by atoms with Crippen LogP contribution in [0.25, 0.3) is 11.3 Å². The van der Waals surface area contributed by atoms with Crippen LogP contribution in [-0.2, 0) is 4.79 Å². The Bertz CT molecular complexity index is 1200. The Morgan fingerprint density at radius 2 is 2.03 bits per heavy atom. The highest BCUT2D eigenvalue weighted by Crippen LogP contribution is 2.37. The van der Waals surface area contributed by atoms with Gasteiger partial charge in [0.25, 0.3) is 0 Å². The standard InChI is InChI=1S/C21H16ClN5O2S/c1-11-5-6-13(8-16(11)22)26-20(28)12(2)30-21-15(10-24)18(17-4-3-7-29-17)14(9-23)19(25)27-21/h3-8,12H,1-2H3,(H2,25,27)(H,26,28). The maximum atomic E-state index is 12.6. The number of nitrogen functional groups attached to an aromatic ring is 1. The molecule has 0 saturated heterocycles. The van der Waals surface area contributed by atoms with Gasteiger partial charge in [-0.15, -0.1) is 0 Å². The Labute approximate surface area is 182 Å². The molecule has 0 aliphatic heterocycles. The molecule has 150 valence electrons. The molecule has 3 aromatic rings. The van der Waals surface area contributed by atoms with Crippen molar-refractivity contribution in [1.82, 2.24) is 4.98 Å². The van der Waals surface area contributed by atoms with Gasteiger partial charge < -0.3 is 15.5 Å². The van der Waals surface area contributed by atoms with Gasteiger partial charge in [0.15, 0.2) is 0 Å². The van der Waals surface area contributed by atoms with Crippen molar-refractivity contribution in [2.24, 2.45) is 0 Å². The van der Waals surface area contributed by atoms with Crippen molar-refractivity contribution >= 4 is 40.8 Å². The Hall–Kier alpha value is -3.46. The summed E-state index contributed by atoms with van der Waals surface area (Å²) in [5.41, 5.74) is 7.86. The minimum atomic E-state index is -0.610. The monoisotopic (exact) mass is 437 g/mol. The van der Waals surface area contributed by atoms with Crippen LogP contribution in [0, 0.1) is 29.6 Å². The van der Waals surface area contributed by atoms with Crippen molar-refractivity contribution < 1.29 is 9.21 Å². The summed E-state index contributed by atoms with van der Waals surface area (Å²) in [6.07, 6.45) is 1.43. The van der Waals surface area contributed by atoms with E-state index in [1.54, 1.807) is 31.2 Å². The minimum Gasteiger partial charge on any atom is -0.464 e. The summed E-state index contributed by atoms with van der Waals surface area (Å²) < 4.78 is 5.38. The number of hydrogen-bond donors (Lipinski definition) is 2. The van der Waals surface area contributed by atoms with E-state index in [9.17, 15) is 15.3 Å². The number of thioether (sulfide) groups is 1. The molecule has 0 saturated carbocycles. The third-order valence-corrected chi connectivity index (χ3v) is 5.77. The molecule has 7 nitrogen and oxygen atoms in total. The largest absolute Gasteiger partial charge is 0.464 e. The van der Waals surface area contributed by atoms with Gasteiger partial charge in [-0.3, -0.25) is 4.79 Å². The second kappa shape index (κ2) is 8.91. The first-order valence-corrected chi connectivity index (χ1v) is 10.0. The molecule has 2 heterocycles. The number of nitrogens with one attached hydrogen (secondary N) is 1. The first kappa shape index (κ1) is 21.3. The fourth-order valence-corrected chi connectivity index (χ4v) is 3.78. The number of rotatable bonds is 5. The molecule has 0 aliphatic rings. The van der Waals surface area contributed by atoms with Crippen LogP contribution in [0.4, 0.5) is 11.5 Å². The number of amides is 1. The lowest BCUT2D eigenvalue weighted by Gasteiger charge is -2.15. The number of aromatic nitrogens is 1. The zero-order chi connectivity index (χ0) is 21.8. The van der Waals surface area contributed by atoms with E-state index >= 15 is 0 Å². The molecular formula is C21H16ClN5O2S. The van der Waals surface area contributed by atoms with Gasteiger partial charge in [-0.25, -0.2) is 4.98 Å². The molecule has 3 rings (SSSR count). The van der Waals surface area contributed by atoms with Crippen LogP contribution in [0.5, 0.6) is 0 Å². The summed E-state index contributed by atoms with van der Waals surface area (Å²) in [5.74, 6) is -0.0122. The zero-order valence-electron chi connectivity index (χ0n) is 16.1. The summed E-state index contributed by atoms with van der Waals surface area (Å²) in [6.45, 7) is 3.55. The summed E-state index contributed by atoms with van der Waals surface area (Å²) in [4.78, 5) is 16.8. The van der Waals surface area contributed by atoms with Crippen LogP contribution in [0.15, 0.2) is 46.0 Å². The molecule has 0 radical (unpaired) electrons. The zero-order valence-corrected chi connectivity index (χ0v) is 17.6. The van der Waals surface area contributed by atoms with E-state index < -0.39 is 5.25 Å². The molecule has 9 heteroatoms. The van der Waals surface area contributed by atoms with Crippen molar-refractivity contribution in [3.63, 3.8) is 0 Å². The van der Waals surface area contributed by atoms with E-state index in [1.165, 1.54) is 6.26 Å². The predicted molar refractivity (Wildman–Crippen MR) is 116 cm³/mol. The number of carbonyl (C=O) groups is 1. The lowest BCUT2D eigenvalue weighted by Crippen LogP contribution is -2.22. The number of carbonyl (C=O) groups excluding carboxylic acids is 1. The fraction of sp³-hybridized carbons (Fsp3) is 0.143. The van der Waals surface area contributed by atoms with E-state index in [4.69, 9.17) is 21.8 Å². The van der Waals surface area contributed by atoms with Crippen molar-refractivity contribution in [2.75, 3.05) is 11.1 Å². The molecule has 3 N–H and O–H groups in total. The molecule has 1 aromatic carbocycles. The van der Waals surface area contributed by atoms with Gasteiger partial charge in [-0.05, 0) is 43.7 Å². The van der Waals surface area contributed by atoms with Crippen molar-refractivity contribution in [2.45, 2.75) is 24.1 Å². The quantitative estimate of drug-likeness (QED) is 0.551. The Morgan fingerprint density at radius 1 is 1.30 bits per heavy atom. The SMILES string of the molecule is Cc1ccc(NC(=O)C(C)Sc2nc(N)c(C#N)c(-c3ccco3)c2C#N)cc1Cl. The molecule has 0 aliphatic carbocycles. The third kappa shape index (κ3) is 4.25. The number of benzene rings is 1. The maximum absolute atomic E-state index is 12.6. The molecule has 0 spiro atoms. The first-order chi connectivity index (χ1) is 14.3. The highest BCUT2D eigenvalue weighted by molar-refractivity contribution is 8.00. The lowest BCUT2D eigenvalue weighted by atomic mass is 10.0. The summed E-state index contributed by atoms with van der Waals surface area (Å²) in [5, 5.41) is 22.2. The molecule has 1 amide bonds. The predicted octanol–water partition coefficient (Wildman–Crippen LogP) is 4.75. The number of nitrogens with zero attached hydrogens (tertiary/aromatic N) is 3. The van der Waals surface area contributed by atoms with Gasteiger partial charge in [0.2, 0.25) is 5.91 Å². The number of aryl methyl sites for hydroxylation is 1. The van der Waals surface area contributed by atoms with Gasteiger partial charge >= 0.3 is 0 Å². The second-order valence-corrected chi connectivity index (χ2v) is 8.08. The average molecular weight is 438 g/mol. The van der Waals surface area contributed by atoms with Crippen LogP contribution in [-0.4, -0.2) is 16.1 Å². The number of furan rings is 1. The van der Waals surface area contributed by atoms with E-state index in [1.807, 2.05) is 19.1 Å². The maximum Gasteiger partial charge on any atom is 0.237 e. The molecule has 1 unspecified atom stereocenters. The molecule has 30 heavy (non-hydrogen) atoms. The van der Waals surface area contributed by atoms with Gasteiger partial charge in [0.1, 0.15) is 34.3 Å². The highest BCUT2D eigenvalue weighted by atomic mass is 35.5. The van der Waals surface area contributed by atoms with Crippen molar-refractivity contribution in [1.29, 1.82) is 10.5 Å². The van der Waals surface area contributed by atoms with Crippen molar-refractivity contribution in [3.05, 3.63) is 58.3 Å². The minimum absolute atomic E-state index is 0.0386. The lowest BCUT2D eigenvalue weighted by molar-refractivity contribution is -0.115. The number of nitriles is 2. The van der Waals surface area contributed by atoms with Crippen LogP contribution in [0.2, 0.25) is 5.02 Å². The molecule has 2 aromatic heterocycles. The number of nitrogens with two attached hydrogens (primary N) is 1. The average Bonchev–Trinajstić information content (AvgIpc) is 3.24. The third-order valence-electron chi connectivity index (χ3n) is 4.28. The Kier molecular flexibility index (Phi) is 6.31. The molecule has 1 atom stereocenters. The summed E-state index contributed by atoms with van der Waals surface area (Å²) >= 11 is 7.17. The highest BCUT2D eigenvalue weighted by Gasteiger charge is 2.25. The fourth-order valence-electron chi connectivity index (χ4n) is 2.69. The van der Waals surface area contributed by atoms with Gasteiger partial charge in [0, 0.05) is 10.7 Å². The second-order valence-electron chi connectivity index (χ2n) is 6.34. The normalized spacial score (nSPS) is 11.4. The number of hydrogen-bond acceptors (Lipinski definition) is 7.